The maximum atomic E-state index is 12.6. The second-order valence-corrected chi connectivity index (χ2v) is 9.74. The summed E-state index contributed by atoms with van der Waals surface area (Å²) in [5, 5.41) is 0. The molecule has 0 atom stereocenters. The van der Waals surface area contributed by atoms with Gasteiger partial charge in [-0.05, 0) is 106 Å². The van der Waals surface area contributed by atoms with E-state index in [4.69, 9.17) is 9.47 Å². The van der Waals surface area contributed by atoms with Crippen LogP contribution in [0.4, 0.5) is 0 Å². The molecule has 0 bridgehead atoms. The number of carbonyl (C=O) groups excluding carboxylic acids is 2. The van der Waals surface area contributed by atoms with Crippen LogP contribution in [0.3, 0.4) is 0 Å². The van der Waals surface area contributed by atoms with Gasteiger partial charge in [-0.2, -0.15) is 0 Å². The Hall–Kier alpha value is -2.54. The van der Waals surface area contributed by atoms with E-state index in [-0.39, 0.29) is 0 Å². The molecule has 2 aliphatic heterocycles. The molecule has 6 nitrogen and oxygen atoms in total. The maximum absolute atomic E-state index is 12.6. The predicted octanol–water partition coefficient (Wildman–Crippen LogP) is 4.71. The average molecular weight is 479 g/mol. The van der Waals surface area contributed by atoms with Crippen LogP contribution in [-0.4, -0.2) is 74.7 Å². The molecule has 0 radical (unpaired) electrons. The highest BCUT2D eigenvalue weighted by molar-refractivity contribution is 6.02. The predicted molar refractivity (Wildman–Crippen MR) is 137 cm³/mol. The van der Waals surface area contributed by atoms with E-state index in [1.54, 1.807) is 31.4 Å². The first-order chi connectivity index (χ1) is 17.1. The Balaban J connectivity index is 1.27. The van der Waals surface area contributed by atoms with Crippen LogP contribution in [-0.2, 0) is 9.47 Å². The van der Waals surface area contributed by atoms with Crippen molar-refractivity contribution in [3.8, 4) is 0 Å². The molecule has 0 aromatic heterocycles. The molecule has 0 spiro atoms. The molecule has 2 heterocycles. The SMILES string of the molecule is CCN1CCC(c2ccc(C(=O)OC(=O)c3ccc(C4CCN(CCOC)CC4)cc3)cc2)CC1. The van der Waals surface area contributed by atoms with Crippen LogP contribution in [0, 0.1) is 0 Å². The van der Waals surface area contributed by atoms with Gasteiger partial charge in [0.25, 0.3) is 0 Å². The maximum Gasteiger partial charge on any atom is 0.346 e. The second kappa shape index (κ2) is 12.4. The number of ether oxygens (including phenoxy) is 2. The number of rotatable bonds is 8. The molecule has 0 aliphatic carbocycles. The van der Waals surface area contributed by atoms with Gasteiger partial charge in [-0.1, -0.05) is 31.2 Å². The molecule has 188 valence electrons. The third-order valence-electron chi connectivity index (χ3n) is 7.65. The average Bonchev–Trinajstić information content (AvgIpc) is 2.92. The molecule has 0 N–H and O–H groups in total. The number of methoxy groups -OCH3 is 1. The Morgan fingerprint density at radius 2 is 1.17 bits per heavy atom. The van der Waals surface area contributed by atoms with Crippen molar-refractivity contribution in [3.05, 3.63) is 70.8 Å². The molecular formula is C29H38N2O4. The van der Waals surface area contributed by atoms with E-state index < -0.39 is 11.9 Å². The minimum Gasteiger partial charge on any atom is -0.386 e. The van der Waals surface area contributed by atoms with Gasteiger partial charge >= 0.3 is 11.9 Å². The Morgan fingerprint density at radius 3 is 1.57 bits per heavy atom. The molecule has 2 aromatic carbocycles. The standard InChI is InChI=1S/C29H38N2O4/c1-3-30-16-12-24(13-17-30)22-4-8-26(9-5-22)28(32)35-29(33)27-10-6-23(7-11-27)25-14-18-31(19-15-25)20-21-34-2/h4-11,24-25H,3,12-21H2,1-2H3. The summed E-state index contributed by atoms with van der Waals surface area (Å²) < 4.78 is 10.3. The van der Waals surface area contributed by atoms with Gasteiger partial charge < -0.3 is 19.3 Å². The van der Waals surface area contributed by atoms with Crippen molar-refractivity contribution in [2.45, 2.75) is 44.4 Å². The molecule has 0 amide bonds. The second-order valence-electron chi connectivity index (χ2n) is 9.74. The Kier molecular flexibility index (Phi) is 9.07. The fraction of sp³-hybridized carbons (Fsp3) is 0.517. The van der Waals surface area contributed by atoms with Gasteiger partial charge in [-0.15, -0.1) is 0 Å². The van der Waals surface area contributed by atoms with Crippen molar-refractivity contribution in [1.82, 2.24) is 9.80 Å². The molecule has 0 saturated carbocycles. The van der Waals surface area contributed by atoms with Crippen molar-refractivity contribution in [2.24, 2.45) is 0 Å². The van der Waals surface area contributed by atoms with Gasteiger partial charge in [0.05, 0.1) is 17.7 Å². The van der Waals surface area contributed by atoms with E-state index in [1.807, 2.05) is 24.3 Å². The van der Waals surface area contributed by atoms with Crippen LogP contribution in [0.2, 0.25) is 0 Å². The molecule has 35 heavy (non-hydrogen) atoms. The van der Waals surface area contributed by atoms with Crippen molar-refractivity contribution < 1.29 is 19.1 Å². The summed E-state index contributed by atoms with van der Waals surface area (Å²) in [6, 6.07) is 15.1. The zero-order valence-corrected chi connectivity index (χ0v) is 21.1. The minimum atomic E-state index is -0.605. The quantitative estimate of drug-likeness (QED) is 0.405. The smallest absolute Gasteiger partial charge is 0.346 e. The number of hydrogen-bond donors (Lipinski definition) is 0. The van der Waals surface area contributed by atoms with Crippen LogP contribution in [0.5, 0.6) is 0 Å². The van der Waals surface area contributed by atoms with E-state index in [0.717, 1.165) is 71.6 Å². The van der Waals surface area contributed by atoms with E-state index in [9.17, 15) is 9.59 Å². The van der Waals surface area contributed by atoms with Crippen molar-refractivity contribution >= 4 is 11.9 Å². The van der Waals surface area contributed by atoms with Gasteiger partial charge in [0.1, 0.15) is 0 Å². The first kappa shape index (κ1) is 25.5. The van der Waals surface area contributed by atoms with Gasteiger partial charge in [0.15, 0.2) is 0 Å². The molecule has 4 rings (SSSR count). The summed E-state index contributed by atoms with van der Waals surface area (Å²) in [5.41, 5.74) is 3.30. The lowest BCUT2D eigenvalue weighted by atomic mass is 9.89. The van der Waals surface area contributed by atoms with E-state index in [1.165, 1.54) is 11.1 Å². The molecule has 2 aliphatic rings. The van der Waals surface area contributed by atoms with Gasteiger partial charge in [0.2, 0.25) is 0 Å². The van der Waals surface area contributed by atoms with Gasteiger partial charge in [0, 0.05) is 13.7 Å². The van der Waals surface area contributed by atoms with Crippen molar-refractivity contribution in [3.63, 3.8) is 0 Å². The molecule has 2 fully saturated rings. The summed E-state index contributed by atoms with van der Waals surface area (Å²) >= 11 is 0. The Labute approximate surface area is 209 Å². The van der Waals surface area contributed by atoms with Crippen LogP contribution >= 0.6 is 0 Å². The van der Waals surface area contributed by atoms with Crippen LogP contribution in [0.1, 0.15) is 76.3 Å². The monoisotopic (exact) mass is 478 g/mol. The van der Waals surface area contributed by atoms with Crippen LogP contribution < -0.4 is 0 Å². The van der Waals surface area contributed by atoms with E-state index in [0.29, 0.717) is 23.0 Å². The first-order valence-corrected chi connectivity index (χ1v) is 13.0. The third kappa shape index (κ3) is 6.78. The highest BCUT2D eigenvalue weighted by atomic mass is 16.6. The summed E-state index contributed by atoms with van der Waals surface area (Å²) in [6.45, 7) is 9.39. The van der Waals surface area contributed by atoms with Crippen molar-refractivity contribution in [2.75, 3.05) is 53.0 Å². The Morgan fingerprint density at radius 1 is 0.743 bits per heavy atom. The fourth-order valence-corrected chi connectivity index (χ4v) is 5.28. The third-order valence-corrected chi connectivity index (χ3v) is 7.65. The molecular weight excluding hydrogens is 440 g/mol. The number of esters is 2. The van der Waals surface area contributed by atoms with Gasteiger partial charge in [-0.3, -0.25) is 0 Å². The topological polar surface area (TPSA) is 59.1 Å². The lowest BCUT2D eigenvalue weighted by Gasteiger charge is -2.32. The van der Waals surface area contributed by atoms with Crippen LogP contribution in [0.15, 0.2) is 48.5 Å². The zero-order chi connectivity index (χ0) is 24.6. The zero-order valence-electron chi connectivity index (χ0n) is 21.1. The van der Waals surface area contributed by atoms with Crippen LogP contribution in [0.25, 0.3) is 0 Å². The number of carbonyl (C=O) groups is 2. The number of benzene rings is 2. The normalized spacial score (nSPS) is 18.5. The van der Waals surface area contributed by atoms with E-state index in [2.05, 4.69) is 16.7 Å². The molecule has 0 unspecified atom stereocenters. The number of nitrogens with zero attached hydrogens (tertiary/aromatic N) is 2. The molecule has 2 aromatic rings. The van der Waals surface area contributed by atoms with Gasteiger partial charge in [-0.25, -0.2) is 9.59 Å². The largest absolute Gasteiger partial charge is 0.386 e. The number of piperidine rings is 2. The lowest BCUT2D eigenvalue weighted by Crippen LogP contribution is -2.35. The number of likely N-dealkylation sites (tertiary alicyclic amines) is 2. The lowest BCUT2D eigenvalue weighted by molar-refractivity contribution is 0.0397. The highest BCUT2D eigenvalue weighted by Gasteiger charge is 2.22. The fourth-order valence-electron chi connectivity index (χ4n) is 5.28. The summed E-state index contributed by atoms with van der Waals surface area (Å²) in [7, 11) is 1.74. The summed E-state index contributed by atoms with van der Waals surface area (Å²) in [5.74, 6) is -0.185. The van der Waals surface area contributed by atoms with E-state index >= 15 is 0 Å². The number of hydrogen-bond acceptors (Lipinski definition) is 6. The molecule has 2 saturated heterocycles. The first-order valence-electron chi connectivity index (χ1n) is 13.0. The summed E-state index contributed by atoms with van der Waals surface area (Å²) in [6.07, 6.45) is 4.47. The summed E-state index contributed by atoms with van der Waals surface area (Å²) in [4.78, 5) is 30.0. The minimum absolute atomic E-state index is 0.402. The molecule has 6 heteroatoms. The Bertz CT molecular complexity index is 957. The highest BCUT2D eigenvalue weighted by Crippen LogP contribution is 2.29. The van der Waals surface area contributed by atoms with Crippen molar-refractivity contribution in [1.29, 1.82) is 0 Å².